The zero-order valence-electron chi connectivity index (χ0n) is 19.4. The Morgan fingerprint density at radius 3 is 2.47 bits per heavy atom. The molecule has 2 saturated heterocycles. The van der Waals surface area contributed by atoms with Crippen molar-refractivity contribution < 1.29 is 9.53 Å². The summed E-state index contributed by atoms with van der Waals surface area (Å²) in [7, 11) is 0. The number of alkyl halides is 2. The van der Waals surface area contributed by atoms with Crippen molar-refractivity contribution in [1.29, 1.82) is 0 Å². The molecular weight excluding hydrogens is 513 g/mol. The number of hydrogen-bond donors (Lipinski definition) is 1. The number of carbonyl (C=O) groups excluding carboxylic acids is 1. The average molecular weight is 552 g/mol. The molecule has 1 amide bonds. The Morgan fingerprint density at radius 1 is 1.19 bits per heavy atom. The zero-order chi connectivity index (χ0) is 22.2. The van der Waals surface area contributed by atoms with E-state index in [4.69, 9.17) is 10.5 Å². The van der Waals surface area contributed by atoms with Crippen molar-refractivity contribution in [1.82, 2.24) is 4.90 Å². The SMILES string of the molecule is CCC1(c2ccccc2)CCC2(CC1)CI(CC(N)=NC1COC1)C(=O)N2CC1CCC1. The third kappa shape index (κ3) is 4.22. The van der Waals surface area contributed by atoms with Gasteiger partial charge in [0.1, 0.15) is 0 Å². The number of hydrogen-bond acceptors (Lipinski definition) is 3. The van der Waals surface area contributed by atoms with Crippen LogP contribution in [0.2, 0.25) is 0 Å². The number of rotatable bonds is 7. The Hall–Kier alpha value is -1.15. The molecule has 2 heterocycles. The molecular formula is C26H38IN3O2. The number of nitrogens with zero attached hydrogens (tertiary/aromatic N) is 2. The Labute approximate surface area is 199 Å². The van der Waals surface area contributed by atoms with Gasteiger partial charge in [-0.1, -0.05) is 0 Å². The molecule has 1 aromatic carbocycles. The van der Waals surface area contributed by atoms with E-state index in [1.165, 1.54) is 44.1 Å². The summed E-state index contributed by atoms with van der Waals surface area (Å²) in [4.78, 5) is 20.8. The third-order valence-electron chi connectivity index (χ3n) is 8.56. The summed E-state index contributed by atoms with van der Waals surface area (Å²) in [5.41, 5.74) is 8.18. The van der Waals surface area contributed by atoms with Crippen molar-refractivity contribution in [2.75, 3.05) is 28.6 Å². The van der Waals surface area contributed by atoms with Crippen LogP contribution in [0, 0.1) is 5.92 Å². The van der Waals surface area contributed by atoms with Crippen molar-refractivity contribution in [2.24, 2.45) is 16.6 Å². The van der Waals surface area contributed by atoms with Gasteiger partial charge >= 0.3 is 200 Å². The van der Waals surface area contributed by atoms with E-state index in [9.17, 15) is 4.79 Å². The van der Waals surface area contributed by atoms with E-state index in [0.29, 0.717) is 23.0 Å². The maximum absolute atomic E-state index is 13.7. The molecule has 6 heteroatoms. The molecule has 1 spiro atoms. The van der Waals surface area contributed by atoms with Gasteiger partial charge in [-0.15, -0.1) is 0 Å². The predicted octanol–water partition coefficient (Wildman–Crippen LogP) is 5.15. The fraction of sp³-hybridized carbons (Fsp3) is 0.692. The molecule has 0 unspecified atom stereocenters. The van der Waals surface area contributed by atoms with Gasteiger partial charge in [0.2, 0.25) is 0 Å². The van der Waals surface area contributed by atoms with E-state index in [2.05, 4.69) is 47.1 Å². The quantitative estimate of drug-likeness (QED) is 0.127. The van der Waals surface area contributed by atoms with Crippen LogP contribution in [0.1, 0.15) is 63.9 Å². The van der Waals surface area contributed by atoms with Gasteiger partial charge in [0.25, 0.3) is 0 Å². The summed E-state index contributed by atoms with van der Waals surface area (Å²) in [6.07, 6.45) is 9.77. The second kappa shape index (κ2) is 9.24. The Kier molecular flexibility index (Phi) is 6.54. The third-order valence-corrected chi connectivity index (χ3v) is 14.5. The van der Waals surface area contributed by atoms with Crippen LogP contribution < -0.4 is 5.73 Å². The van der Waals surface area contributed by atoms with Crippen LogP contribution in [-0.4, -0.2) is 54.8 Å². The summed E-state index contributed by atoms with van der Waals surface area (Å²) in [6, 6.07) is 11.3. The van der Waals surface area contributed by atoms with Crippen LogP contribution in [-0.2, 0) is 10.2 Å². The predicted molar refractivity (Wildman–Crippen MR) is 139 cm³/mol. The number of ether oxygens (including phenoxy) is 1. The first-order valence-corrected chi connectivity index (χ1v) is 16.6. The molecule has 5 nitrogen and oxygen atoms in total. The van der Waals surface area contributed by atoms with Crippen molar-refractivity contribution in [3.8, 4) is 0 Å². The average Bonchev–Trinajstić information content (AvgIpc) is 3.00. The molecule has 5 rings (SSSR count). The molecule has 0 radical (unpaired) electrons. The maximum atomic E-state index is 13.7. The van der Waals surface area contributed by atoms with Gasteiger partial charge in [0, 0.05) is 0 Å². The van der Waals surface area contributed by atoms with E-state index in [0.717, 1.165) is 34.2 Å². The number of nitrogens with two attached hydrogens (primary N) is 1. The van der Waals surface area contributed by atoms with E-state index < -0.39 is 19.8 Å². The van der Waals surface area contributed by atoms with Crippen molar-refractivity contribution in [3.05, 3.63) is 35.9 Å². The molecule has 2 N–H and O–H groups in total. The number of amidine groups is 1. The van der Waals surface area contributed by atoms with Gasteiger partial charge in [-0.25, -0.2) is 0 Å². The number of halogens is 1. The molecule has 0 atom stereocenters. The molecule has 2 aliphatic carbocycles. The number of amides is 1. The van der Waals surface area contributed by atoms with Gasteiger partial charge in [-0.2, -0.15) is 0 Å². The first-order valence-electron chi connectivity index (χ1n) is 12.4. The molecule has 0 aromatic heterocycles. The van der Waals surface area contributed by atoms with Crippen LogP contribution in [0.15, 0.2) is 35.3 Å². The number of benzene rings is 1. The topological polar surface area (TPSA) is 67.9 Å². The van der Waals surface area contributed by atoms with Gasteiger partial charge in [0.05, 0.1) is 0 Å². The van der Waals surface area contributed by atoms with E-state index >= 15 is 0 Å². The summed E-state index contributed by atoms with van der Waals surface area (Å²) in [5, 5.41) is 0. The Morgan fingerprint density at radius 2 is 1.91 bits per heavy atom. The van der Waals surface area contributed by atoms with E-state index in [1.807, 2.05) is 0 Å². The zero-order valence-corrected chi connectivity index (χ0v) is 21.6. The molecule has 2 aliphatic heterocycles. The molecule has 1 aromatic rings. The van der Waals surface area contributed by atoms with Gasteiger partial charge < -0.3 is 0 Å². The molecule has 32 heavy (non-hydrogen) atoms. The summed E-state index contributed by atoms with van der Waals surface area (Å²) in [5.74, 6) is 1.43. The first kappa shape index (κ1) is 22.6. The standard InChI is InChI=1S/C26H38IN3O2/c1-2-25(21-9-4-3-5-10-21)11-13-26(14-12-25)19-27(15-23(28)29-22-17-32-18-22)24(31)30(26)16-20-7-6-8-20/h3-5,9-10,20,22H,2,6-8,11-19H2,1H3,(H2,28,29). The second-order valence-corrected chi connectivity index (χ2v) is 15.5. The number of carbonyl (C=O) groups is 1. The Balaban J connectivity index is 1.34. The van der Waals surface area contributed by atoms with Crippen LogP contribution in [0.4, 0.5) is 4.79 Å². The molecule has 0 bridgehead atoms. The van der Waals surface area contributed by atoms with Crippen LogP contribution in [0.3, 0.4) is 0 Å². The Bertz CT molecular complexity index is 842. The summed E-state index contributed by atoms with van der Waals surface area (Å²) >= 11 is -1.87. The van der Waals surface area contributed by atoms with E-state index in [1.54, 1.807) is 0 Å². The monoisotopic (exact) mass is 551 g/mol. The van der Waals surface area contributed by atoms with E-state index in [-0.39, 0.29) is 17.0 Å². The second-order valence-electron chi connectivity index (χ2n) is 10.4. The molecule has 176 valence electrons. The minimum atomic E-state index is -1.87. The molecule has 4 aliphatic rings. The number of aliphatic imine (C=N–C) groups is 1. The minimum absolute atomic E-state index is 0.0881. The normalized spacial score (nSPS) is 32.9. The fourth-order valence-electron chi connectivity index (χ4n) is 6.03. The van der Waals surface area contributed by atoms with Crippen LogP contribution in [0.5, 0.6) is 0 Å². The van der Waals surface area contributed by atoms with Crippen molar-refractivity contribution in [2.45, 2.75) is 75.3 Å². The molecule has 2 saturated carbocycles. The van der Waals surface area contributed by atoms with Crippen molar-refractivity contribution in [3.63, 3.8) is 0 Å². The molecule has 4 fully saturated rings. The van der Waals surface area contributed by atoms with Gasteiger partial charge in [-0.05, 0) is 0 Å². The van der Waals surface area contributed by atoms with Crippen LogP contribution >= 0.6 is 19.8 Å². The first-order chi connectivity index (χ1) is 15.5. The van der Waals surface area contributed by atoms with Gasteiger partial charge in [0.15, 0.2) is 0 Å². The fourth-order valence-corrected chi connectivity index (χ4v) is 12.5. The van der Waals surface area contributed by atoms with Crippen molar-refractivity contribution >= 4 is 29.6 Å². The van der Waals surface area contributed by atoms with Crippen LogP contribution in [0.25, 0.3) is 0 Å². The van der Waals surface area contributed by atoms with Gasteiger partial charge in [-0.3, -0.25) is 0 Å². The summed E-state index contributed by atoms with van der Waals surface area (Å²) in [6.45, 7) is 4.69. The summed E-state index contributed by atoms with van der Waals surface area (Å²) < 4.78 is 7.60.